The molecule has 0 heteroatoms. The smallest absolute Gasteiger partial charge is 0.0351 e. The summed E-state index contributed by atoms with van der Waals surface area (Å²) >= 11 is 0. The van der Waals surface area contributed by atoms with Crippen LogP contribution in [0.5, 0.6) is 0 Å². The maximum Gasteiger partial charge on any atom is -0.0351 e. The van der Waals surface area contributed by atoms with Crippen LogP contribution in [-0.2, 0) is 0 Å². The van der Waals surface area contributed by atoms with Gasteiger partial charge in [-0.05, 0) is 51.4 Å². The van der Waals surface area contributed by atoms with Gasteiger partial charge in [0, 0.05) is 0 Å². The van der Waals surface area contributed by atoms with Crippen molar-refractivity contribution in [3.05, 3.63) is 24.3 Å². The molecule has 0 saturated carbocycles. The Bertz CT molecular complexity index is 212. The maximum atomic E-state index is 2.41. The van der Waals surface area contributed by atoms with Gasteiger partial charge in [-0.3, -0.25) is 0 Å². The molecular formula is C20H36. The monoisotopic (exact) mass is 276 g/mol. The molecule has 1 aliphatic rings. The van der Waals surface area contributed by atoms with Gasteiger partial charge in [0.15, 0.2) is 0 Å². The van der Waals surface area contributed by atoms with Crippen molar-refractivity contribution in [2.45, 2.75) is 103 Å². The van der Waals surface area contributed by atoms with Gasteiger partial charge >= 0.3 is 0 Å². The summed E-state index contributed by atoms with van der Waals surface area (Å²) in [5.41, 5.74) is 0. The number of allylic oxidation sites excluding steroid dienone is 4. The van der Waals surface area contributed by atoms with Crippen LogP contribution in [0.15, 0.2) is 24.3 Å². The van der Waals surface area contributed by atoms with Crippen molar-refractivity contribution < 1.29 is 0 Å². The van der Waals surface area contributed by atoms with Gasteiger partial charge in [0.2, 0.25) is 0 Å². The van der Waals surface area contributed by atoms with E-state index in [4.69, 9.17) is 0 Å². The first-order valence-electron chi connectivity index (χ1n) is 9.30. The highest BCUT2D eigenvalue weighted by molar-refractivity contribution is 4.83. The second-order valence-corrected chi connectivity index (χ2v) is 6.34. The van der Waals surface area contributed by atoms with E-state index in [2.05, 4.69) is 24.3 Å². The third kappa shape index (κ3) is 12.5. The Morgan fingerprint density at radius 1 is 0.250 bits per heavy atom. The number of hydrogen-bond donors (Lipinski definition) is 0. The molecule has 0 N–H and O–H groups in total. The fourth-order valence-corrected chi connectivity index (χ4v) is 2.93. The lowest BCUT2D eigenvalue weighted by molar-refractivity contribution is 0.561. The zero-order valence-electron chi connectivity index (χ0n) is 13.6. The number of hydrogen-bond acceptors (Lipinski definition) is 0. The van der Waals surface area contributed by atoms with E-state index >= 15 is 0 Å². The summed E-state index contributed by atoms with van der Waals surface area (Å²) in [5, 5.41) is 0. The van der Waals surface area contributed by atoms with Gasteiger partial charge in [-0.1, -0.05) is 75.7 Å². The molecule has 0 spiro atoms. The van der Waals surface area contributed by atoms with Gasteiger partial charge in [-0.2, -0.15) is 0 Å². The second-order valence-electron chi connectivity index (χ2n) is 6.34. The van der Waals surface area contributed by atoms with E-state index in [-0.39, 0.29) is 0 Å². The van der Waals surface area contributed by atoms with Crippen LogP contribution < -0.4 is 0 Å². The molecule has 0 aromatic heterocycles. The Morgan fingerprint density at radius 3 is 0.750 bits per heavy atom. The lowest BCUT2D eigenvalue weighted by Crippen LogP contribution is -1.82. The summed E-state index contributed by atoms with van der Waals surface area (Å²) in [5.74, 6) is 0. The Morgan fingerprint density at radius 2 is 0.450 bits per heavy atom. The van der Waals surface area contributed by atoms with Crippen LogP contribution in [0.1, 0.15) is 103 Å². The van der Waals surface area contributed by atoms with Crippen LogP contribution in [0.25, 0.3) is 0 Å². The number of rotatable bonds is 0. The molecule has 0 saturated heterocycles. The van der Waals surface area contributed by atoms with Crippen molar-refractivity contribution in [1.29, 1.82) is 0 Å². The molecule has 0 radical (unpaired) electrons. The molecule has 20 heavy (non-hydrogen) atoms. The standard InChI is InChI=1S/C20H36/c1-2-4-6-8-10-12-14-16-18-20-19-17-15-13-11-9-7-5-3-1/h1-2,13,15H,3-12,14,16-20H2. The first kappa shape index (κ1) is 17.5. The van der Waals surface area contributed by atoms with Gasteiger partial charge < -0.3 is 0 Å². The van der Waals surface area contributed by atoms with Crippen molar-refractivity contribution in [3.63, 3.8) is 0 Å². The van der Waals surface area contributed by atoms with Crippen LogP contribution in [0.2, 0.25) is 0 Å². The fourth-order valence-electron chi connectivity index (χ4n) is 2.93. The minimum atomic E-state index is 1.30. The average molecular weight is 277 g/mol. The second kappa shape index (κ2) is 14.9. The molecule has 0 aromatic carbocycles. The first-order valence-corrected chi connectivity index (χ1v) is 9.30. The lowest BCUT2D eigenvalue weighted by Gasteiger charge is -2.02. The largest absolute Gasteiger partial charge is 0.0885 e. The van der Waals surface area contributed by atoms with E-state index in [9.17, 15) is 0 Å². The van der Waals surface area contributed by atoms with Crippen LogP contribution in [-0.4, -0.2) is 0 Å². The first-order chi connectivity index (χ1) is 10.0. The fraction of sp³-hybridized carbons (Fsp3) is 0.800. The molecule has 0 bridgehead atoms. The Kier molecular flexibility index (Phi) is 13.0. The summed E-state index contributed by atoms with van der Waals surface area (Å²) in [6, 6.07) is 0. The van der Waals surface area contributed by atoms with E-state index in [1.54, 1.807) is 0 Å². The van der Waals surface area contributed by atoms with Crippen LogP contribution in [0.4, 0.5) is 0 Å². The topological polar surface area (TPSA) is 0 Å². The highest BCUT2D eigenvalue weighted by atomic mass is 14.0. The molecule has 0 aromatic rings. The lowest BCUT2D eigenvalue weighted by atomic mass is 10.0. The SMILES string of the molecule is C1=CCCCCCCCCCCCC=CCCCCC1. The maximum absolute atomic E-state index is 2.41. The van der Waals surface area contributed by atoms with Gasteiger partial charge in [0.1, 0.15) is 0 Å². The Hall–Kier alpha value is -0.520. The van der Waals surface area contributed by atoms with E-state index in [0.29, 0.717) is 0 Å². The van der Waals surface area contributed by atoms with E-state index in [1.807, 2.05) is 0 Å². The summed E-state index contributed by atoms with van der Waals surface area (Å²) in [6.45, 7) is 0. The third-order valence-corrected chi connectivity index (χ3v) is 4.32. The molecule has 0 aliphatic heterocycles. The van der Waals surface area contributed by atoms with Crippen LogP contribution in [0, 0.1) is 0 Å². The van der Waals surface area contributed by atoms with Crippen LogP contribution in [0.3, 0.4) is 0 Å². The van der Waals surface area contributed by atoms with Gasteiger partial charge in [0.05, 0.1) is 0 Å². The Balaban J connectivity index is 2.11. The van der Waals surface area contributed by atoms with Crippen molar-refractivity contribution in [3.8, 4) is 0 Å². The highest BCUT2D eigenvalue weighted by Crippen LogP contribution is 2.12. The van der Waals surface area contributed by atoms with E-state index < -0.39 is 0 Å². The third-order valence-electron chi connectivity index (χ3n) is 4.32. The summed E-state index contributed by atoms with van der Waals surface area (Å²) < 4.78 is 0. The molecule has 0 unspecified atom stereocenters. The molecule has 0 amide bonds. The molecule has 1 aliphatic carbocycles. The zero-order valence-corrected chi connectivity index (χ0v) is 13.6. The molecule has 1 rings (SSSR count). The quantitative estimate of drug-likeness (QED) is 0.405. The predicted molar refractivity (Wildman–Crippen MR) is 92.2 cm³/mol. The van der Waals surface area contributed by atoms with Crippen LogP contribution >= 0.6 is 0 Å². The van der Waals surface area contributed by atoms with Gasteiger partial charge in [-0.25, -0.2) is 0 Å². The van der Waals surface area contributed by atoms with Gasteiger partial charge in [-0.15, -0.1) is 0 Å². The summed E-state index contributed by atoms with van der Waals surface area (Å²) in [4.78, 5) is 0. The summed E-state index contributed by atoms with van der Waals surface area (Å²) in [7, 11) is 0. The zero-order chi connectivity index (χ0) is 14.1. The van der Waals surface area contributed by atoms with Crippen molar-refractivity contribution >= 4 is 0 Å². The summed E-state index contributed by atoms with van der Waals surface area (Å²) in [6.07, 6.45) is 32.0. The Labute approximate surface area is 127 Å². The average Bonchev–Trinajstić information content (AvgIpc) is 2.46. The molecule has 0 heterocycles. The molecular weight excluding hydrogens is 240 g/mol. The normalized spacial score (nSPS) is 22.4. The van der Waals surface area contributed by atoms with E-state index in [1.165, 1.54) is 103 Å². The molecule has 0 fully saturated rings. The van der Waals surface area contributed by atoms with Crippen molar-refractivity contribution in [2.24, 2.45) is 0 Å². The molecule has 0 nitrogen and oxygen atoms in total. The molecule has 116 valence electrons. The minimum Gasteiger partial charge on any atom is -0.0885 e. The molecule has 0 atom stereocenters. The minimum absolute atomic E-state index is 1.30. The highest BCUT2D eigenvalue weighted by Gasteiger charge is 1.93. The van der Waals surface area contributed by atoms with Gasteiger partial charge in [0.25, 0.3) is 0 Å². The van der Waals surface area contributed by atoms with E-state index in [0.717, 1.165) is 0 Å². The van der Waals surface area contributed by atoms with Crippen molar-refractivity contribution in [1.82, 2.24) is 0 Å². The predicted octanol–water partition coefficient (Wildman–Crippen LogP) is 7.35. The van der Waals surface area contributed by atoms with Crippen molar-refractivity contribution in [2.75, 3.05) is 0 Å².